The molecule has 9 heteroatoms. The molecular weight excluding hydrogens is 392 g/mol. The molecule has 0 aromatic heterocycles. The second-order valence-electron chi connectivity index (χ2n) is 5.79. The van der Waals surface area contributed by atoms with Gasteiger partial charge >= 0.3 is 0 Å². The normalized spacial score (nSPS) is 20.1. The molecule has 0 aliphatic carbocycles. The van der Waals surface area contributed by atoms with Gasteiger partial charge in [-0.2, -0.15) is 0 Å². The lowest BCUT2D eigenvalue weighted by molar-refractivity contribution is -0.122. The molecule has 2 aliphatic heterocycles. The summed E-state index contributed by atoms with van der Waals surface area (Å²) < 4.78 is 33.4. The summed E-state index contributed by atoms with van der Waals surface area (Å²) in [7, 11) is -4.28. The summed E-state index contributed by atoms with van der Waals surface area (Å²) >= 11 is 6.53. The molecule has 3 rings (SSSR count). The van der Waals surface area contributed by atoms with Crippen LogP contribution in [0, 0.1) is 0 Å². The van der Waals surface area contributed by atoms with Crippen LogP contribution in [0.25, 0.3) is 6.08 Å². The third-order valence-corrected chi connectivity index (χ3v) is 6.36. The molecule has 1 aromatic rings. The monoisotopic (exact) mass is 409 g/mol. The van der Waals surface area contributed by atoms with E-state index in [-0.39, 0.29) is 12.3 Å². The number of fused-ring (bicyclic) bond motifs is 1. The van der Waals surface area contributed by atoms with E-state index in [1.165, 1.54) is 16.7 Å². The number of nitrogens with zero attached hydrogens (tertiary/aromatic N) is 2. The first-order valence-corrected chi connectivity index (χ1v) is 10.9. The van der Waals surface area contributed by atoms with Gasteiger partial charge in [-0.05, 0) is 31.1 Å². The SMILES string of the molecule is CCN1C(=O)C(=C2C=Cc3ccccc3N2CCCS(=O)(=O)[O-])SC1=S. The molecule has 1 fully saturated rings. The third kappa shape index (κ3) is 3.85. The molecule has 138 valence electrons. The lowest BCUT2D eigenvalue weighted by atomic mass is 10.0. The van der Waals surface area contributed by atoms with Crippen molar-refractivity contribution in [3.63, 3.8) is 0 Å². The fourth-order valence-corrected chi connectivity index (χ4v) is 4.85. The molecule has 0 N–H and O–H groups in total. The lowest BCUT2D eigenvalue weighted by Gasteiger charge is -2.31. The van der Waals surface area contributed by atoms with Gasteiger partial charge in [0.05, 0.1) is 15.8 Å². The van der Waals surface area contributed by atoms with Crippen molar-refractivity contribution in [2.45, 2.75) is 13.3 Å². The number of hydrogen-bond donors (Lipinski definition) is 0. The van der Waals surface area contributed by atoms with E-state index >= 15 is 0 Å². The molecule has 26 heavy (non-hydrogen) atoms. The first-order chi connectivity index (χ1) is 12.3. The van der Waals surface area contributed by atoms with Gasteiger partial charge in [0.25, 0.3) is 5.91 Å². The summed E-state index contributed by atoms with van der Waals surface area (Å²) in [5, 5.41) is 0. The van der Waals surface area contributed by atoms with Gasteiger partial charge in [0.15, 0.2) is 0 Å². The quantitative estimate of drug-likeness (QED) is 0.420. The highest BCUT2D eigenvalue weighted by Crippen LogP contribution is 2.39. The van der Waals surface area contributed by atoms with Crippen molar-refractivity contribution in [2.75, 3.05) is 23.7 Å². The maximum Gasteiger partial charge on any atom is 0.268 e. The number of carbonyl (C=O) groups excluding carboxylic acids is 1. The molecule has 0 unspecified atom stereocenters. The zero-order valence-corrected chi connectivity index (χ0v) is 16.5. The third-order valence-electron chi connectivity index (χ3n) is 4.11. The van der Waals surface area contributed by atoms with Crippen LogP contribution in [0.5, 0.6) is 0 Å². The minimum Gasteiger partial charge on any atom is -0.748 e. The number of amides is 1. The Bertz CT molecular complexity index is 922. The molecule has 0 spiro atoms. The number of anilines is 1. The topological polar surface area (TPSA) is 80.8 Å². The van der Waals surface area contributed by atoms with E-state index in [2.05, 4.69) is 0 Å². The van der Waals surface area contributed by atoms with E-state index in [9.17, 15) is 17.8 Å². The van der Waals surface area contributed by atoms with E-state index < -0.39 is 15.9 Å². The van der Waals surface area contributed by atoms with Gasteiger partial charge in [0, 0.05) is 24.5 Å². The Morgan fingerprint density at radius 1 is 1.19 bits per heavy atom. The summed E-state index contributed by atoms with van der Waals surface area (Å²) in [6, 6.07) is 7.64. The number of thioether (sulfide) groups is 1. The highest BCUT2D eigenvalue weighted by atomic mass is 32.2. The van der Waals surface area contributed by atoms with Crippen LogP contribution in [0.2, 0.25) is 0 Å². The Morgan fingerprint density at radius 2 is 1.92 bits per heavy atom. The molecule has 1 saturated heterocycles. The zero-order valence-electron chi connectivity index (χ0n) is 14.0. The van der Waals surface area contributed by atoms with E-state index in [4.69, 9.17) is 12.2 Å². The summed E-state index contributed by atoms with van der Waals surface area (Å²) in [4.78, 5) is 16.6. The highest BCUT2D eigenvalue weighted by Gasteiger charge is 2.35. The van der Waals surface area contributed by atoms with Crippen LogP contribution in [-0.2, 0) is 14.9 Å². The average Bonchev–Trinajstić information content (AvgIpc) is 2.87. The Hall–Kier alpha value is -1.68. The minimum atomic E-state index is -4.28. The van der Waals surface area contributed by atoms with Gasteiger partial charge in [0.2, 0.25) is 0 Å². The van der Waals surface area contributed by atoms with Crippen molar-refractivity contribution in [1.82, 2.24) is 4.90 Å². The Labute approximate surface area is 162 Å². The first kappa shape index (κ1) is 19.1. The molecule has 0 radical (unpaired) electrons. The summed E-state index contributed by atoms with van der Waals surface area (Å²) in [5.74, 6) is -0.596. The minimum absolute atomic E-state index is 0.150. The lowest BCUT2D eigenvalue weighted by Crippen LogP contribution is -2.31. The molecule has 0 saturated carbocycles. The summed E-state index contributed by atoms with van der Waals surface area (Å²) in [6.07, 6.45) is 3.94. The van der Waals surface area contributed by atoms with Gasteiger partial charge in [-0.25, -0.2) is 8.42 Å². The van der Waals surface area contributed by atoms with Gasteiger partial charge in [-0.1, -0.05) is 48.3 Å². The molecule has 0 bridgehead atoms. The predicted molar refractivity (Wildman–Crippen MR) is 107 cm³/mol. The van der Waals surface area contributed by atoms with Crippen molar-refractivity contribution in [3.05, 3.63) is 46.5 Å². The maximum absolute atomic E-state index is 12.7. The number of thiocarbonyl (C=S) groups is 1. The standard InChI is InChI=1S/C17H18N2O4S3/c1-2-18-16(20)15(25-17(18)24)14-9-8-12-6-3-4-7-13(12)19(14)10-5-11-26(21,22)23/h3-4,6-9H,2,5,10-11H2,1H3,(H,21,22,23)/p-1. The largest absolute Gasteiger partial charge is 0.748 e. The maximum atomic E-state index is 12.7. The number of benzene rings is 1. The Balaban J connectivity index is 1.99. The van der Waals surface area contributed by atoms with Gasteiger partial charge < -0.3 is 9.45 Å². The van der Waals surface area contributed by atoms with Crippen molar-refractivity contribution < 1.29 is 17.8 Å². The van der Waals surface area contributed by atoms with Crippen LogP contribution < -0.4 is 4.90 Å². The molecule has 1 amide bonds. The number of allylic oxidation sites excluding steroid dienone is 1. The molecule has 2 aliphatic rings. The highest BCUT2D eigenvalue weighted by molar-refractivity contribution is 8.26. The number of hydrogen-bond acceptors (Lipinski definition) is 7. The van der Waals surface area contributed by atoms with Crippen LogP contribution in [0.3, 0.4) is 0 Å². The molecule has 0 atom stereocenters. The number of likely N-dealkylation sites (N-methyl/N-ethyl adjacent to an activating group) is 1. The smallest absolute Gasteiger partial charge is 0.268 e. The predicted octanol–water partition coefficient (Wildman–Crippen LogP) is 2.55. The number of para-hydroxylation sites is 1. The van der Waals surface area contributed by atoms with Crippen LogP contribution in [0.4, 0.5) is 5.69 Å². The molecular formula is C17H17N2O4S3-. The molecule has 1 aromatic carbocycles. The van der Waals surface area contributed by atoms with Crippen molar-refractivity contribution in [3.8, 4) is 0 Å². The van der Waals surface area contributed by atoms with Gasteiger partial charge in [-0.3, -0.25) is 9.69 Å². The summed E-state index contributed by atoms with van der Waals surface area (Å²) in [5.41, 5.74) is 2.52. The van der Waals surface area contributed by atoms with E-state index in [0.717, 1.165) is 11.3 Å². The molecule has 6 nitrogen and oxygen atoms in total. The van der Waals surface area contributed by atoms with E-state index in [1.807, 2.05) is 48.2 Å². The van der Waals surface area contributed by atoms with Crippen LogP contribution >= 0.6 is 24.0 Å². The second kappa shape index (κ2) is 7.51. The van der Waals surface area contributed by atoms with E-state index in [0.29, 0.717) is 28.0 Å². The van der Waals surface area contributed by atoms with Crippen molar-refractivity contribution >= 4 is 56.1 Å². The van der Waals surface area contributed by atoms with Gasteiger partial charge in [0.1, 0.15) is 9.23 Å². The molecule has 2 heterocycles. The van der Waals surface area contributed by atoms with Crippen LogP contribution in [0.15, 0.2) is 40.9 Å². The second-order valence-corrected chi connectivity index (χ2v) is 8.96. The fourth-order valence-electron chi connectivity index (χ4n) is 2.93. The Kier molecular flexibility index (Phi) is 5.52. The average molecular weight is 410 g/mol. The van der Waals surface area contributed by atoms with Crippen molar-refractivity contribution in [1.29, 1.82) is 0 Å². The number of rotatable bonds is 5. The summed E-state index contributed by atoms with van der Waals surface area (Å²) in [6.45, 7) is 2.67. The fraction of sp³-hybridized carbons (Fsp3) is 0.294. The zero-order chi connectivity index (χ0) is 18.9. The van der Waals surface area contributed by atoms with Crippen molar-refractivity contribution in [2.24, 2.45) is 0 Å². The van der Waals surface area contributed by atoms with E-state index in [1.54, 1.807) is 0 Å². The van der Waals surface area contributed by atoms with Crippen LogP contribution in [0.1, 0.15) is 18.9 Å². The van der Waals surface area contributed by atoms with Crippen LogP contribution in [-0.4, -0.2) is 46.9 Å². The Morgan fingerprint density at radius 3 is 2.58 bits per heavy atom. The van der Waals surface area contributed by atoms with Gasteiger partial charge in [-0.15, -0.1) is 0 Å². The first-order valence-electron chi connectivity index (χ1n) is 8.08. The number of carbonyl (C=O) groups is 1.